The van der Waals surface area contributed by atoms with Crippen molar-refractivity contribution in [2.24, 2.45) is 0 Å². The average Bonchev–Trinajstić information content (AvgIpc) is 3.25. The van der Waals surface area contributed by atoms with Gasteiger partial charge in [-0.1, -0.05) is 42.5 Å². The fourth-order valence-corrected chi connectivity index (χ4v) is 3.86. The molecule has 1 atom stereocenters. The van der Waals surface area contributed by atoms with Gasteiger partial charge in [0.25, 0.3) is 5.91 Å². The number of nitrogens with one attached hydrogen (secondary N) is 1. The molecule has 30 heavy (non-hydrogen) atoms. The fourth-order valence-electron chi connectivity index (χ4n) is 3.08. The quantitative estimate of drug-likeness (QED) is 0.553. The molecule has 0 aliphatic rings. The minimum Gasteiger partial charge on any atom is -0.497 e. The second-order valence-electron chi connectivity index (χ2n) is 6.83. The maximum absolute atomic E-state index is 13.0. The molecule has 0 spiro atoms. The lowest BCUT2D eigenvalue weighted by Gasteiger charge is -2.27. The van der Waals surface area contributed by atoms with Crippen molar-refractivity contribution in [1.82, 2.24) is 20.4 Å². The smallest absolute Gasteiger partial charge is 0.282 e. The van der Waals surface area contributed by atoms with E-state index in [-0.39, 0.29) is 17.8 Å². The van der Waals surface area contributed by atoms with Crippen LogP contribution in [0.1, 0.15) is 45.8 Å². The highest BCUT2D eigenvalue weighted by Gasteiger charge is 2.19. The lowest BCUT2D eigenvalue weighted by atomic mass is 10.1. The van der Waals surface area contributed by atoms with Crippen LogP contribution < -0.4 is 10.1 Å². The summed E-state index contributed by atoms with van der Waals surface area (Å²) in [5, 5.41) is 12.1. The summed E-state index contributed by atoms with van der Waals surface area (Å²) >= 11 is 1.28. The molecule has 0 saturated carbocycles. The van der Waals surface area contributed by atoms with Crippen LogP contribution >= 0.6 is 11.3 Å². The molecule has 6 nitrogen and oxygen atoms in total. The van der Waals surface area contributed by atoms with Crippen LogP contribution in [0.5, 0.6) is 5.75 Å². The first-order chi connectivity index (χ1) is 14.5. The predicted molar refractivity (Wildman–Crippen MR) is 115 cm³/mol. The molecule has 0 radical (unpaired) electrons. The molecule has 0 aliphatic heterocycles. The molecule has 0 unspecified atom stereocenters. The van der Waals surface area contributed by atoms with Crippen molar-refractivity contribution in [3.8, 4) is 5.75 Å². The number of hydrogen-bond donors (Lipinski definition) is 1. The van der Waals surface area contributed by atoms with Crippen molar-refractivity contribution in [2.45, 2.75) is 33.0 Å². The SMILES string of the molecule is CCN(Cc1nnc(C(=O)NCc2ccc(F)cc2)s1)[C@@H](C)c1cccc(OC)c1. The minimum absolute atomic E-state index is 0.157. The van der Waals surface area contributed by atoms with Crippen LogP contribution in [0.4, 0.5) is 4.39 Å². The van der Waals surface area contributed by atoms with E-state index < -0.39 is 0 Å². The predicted octanol–water partition coefficient (Wildman–Crippen LogP) is 4.20. The van der Waals surface area contributed by atoms with Crippen LogP contribution in [0.2, 0.25) is 0 Å². The second-order valence-corrected chi connectivity index (χ2v) is 7.89. The van der Waals surface area contributed by atoms with Gasteiger partial charge in [-0.3, -0.25) is 9.69 Å². The van der Waals surface area contributed by atoms with Crippen molar-refractivity contribution < 1.29 is 13.9 Å². The van der Waals surface area contributed by atoms with E-state index in [1.807, 2.05) is 18.2 Å². The molecule has 1 aromatic heterocycles. The largest absolute Gasteiger partial charge is 0.497 e. The van der Waals surface area contributed by atoms with Gasteiger partial charge in [0.15, 0.2) is 0 Å². The first-order valence-corrected chi connectivity index (χ1v) is 10.5. The number of halogens is 1. The number of amides is 1. The van der Waals surface area contributed by atoms with Crippen LogP contribution in [-0.4, -0.2) is 34.7 Å². The Hall–Kier alpha value is -2.84. The normalized spacial score (nSPS) is 12.0. The van der Waals surface area contributed by atoms with Crippen LogP contribution in [0, 0.1) is 5.82 Å². The van der Waals surface area contributed by atoms with Gasteiger partial charge in [-0.2, -0.15) is 0 Å². The molecule has 8 heteroatoms. The molecular weight excluding hydrogens is 403 g/mol. The lowest BCUT2D eigenvalue weighted by Crippen LogP contribution is -2.26. The highest BCUT2D eigenvalue weighted by Crippen LogP contribution is 2.26. The van der Waals surface area contributed by atoms with E-state index in [0.29, 0.717) is 18.1 Å². The number of carbonyl (C=O) groups is 1. The van der Waals surface area contributed by atoms with Crippen molar-refractivity contribution in [2.75, 3.05) is 13.7 Å². The third kappa shape index (κ3) is 5.61. The van der Waals surface area contributed by atoms with Crippen LogP contribution in [0.15, 0.2) is 48.5 Å². The van der Waals surface area contributed by atoms with E-state index in [0.717, 1.165) is 28.4 Å². The second kappa shape index (κ2) is 10.3. The molecule has 158 valence electrons. The van der Waals surface area contributed by atoms with E-state index in [9.17, 15) is 9.18 Å². The minimum atomic E-state index is -0.303. The standard InChI is InChI=1S/C22H25FN4O2S/c1-4-27(15(2)17-6-5-7-19(12-17)29-3)14-20-25-26-22(30-20)21(28)24-13-16-8-10-18(23)11-9-16/h5-12,15H,4,13-14H2,1-3H3,(H,24,28)/t15-/m0/s1. The zero-order valence-electron chi connectivity index (χ0n) is 17.3. The monoisotopic (exact) mass is 428 g/mol. The number of aromatic nitrogens is 2. The maximum Gasteiger partial charge on any atom is 0.282 e. The van der Waals surface area contributed by atoms with Gasteiger partial charge in [0, 0.05) is 12.6 Å². The summed E-state index contributed by atoms with van der Waals surface area (Å²) < 4.78 is 18.3. The van der Waals surface area contributed by atoms with Crippen LogP contribution in [0.3, 0.4) is 0 Å². The maximum atomic E-state index is 13.0. The van der Waals surface area contributed by atoms with Gasteiger partial charge >= 0.3 is 0 Å². The van der Waals surface area contributed by atoms with Gasteiger partial charge in [0.1, 0.15) is 16.6 Å². The zero-order valence-corrected chi connectivity index (χ0v) is 18.1. The van der Waals surface area contributed by atoms with E-state index in [2.05, 4.69) is 40.3 Å². The molecule has 2 aromatic carbocycles. The number of benzene rings is 2. The summed E-state index contributed by atoms with van der Waals surface area (Å²) in [4.78, 5) is 14.6. The topological polar surface area (TPSA) is 67.4 Å². The Balaban J connectivity index is 1.61. The molecule has 1 heterocycles. The molecule has 0 saturated heterocycles. The fraction of sp³-hybridized carbons (Fsp3) is 0.318. The number of hydrogen-bond acceptors (Lipinski definition) is 6. The Kier molecular flexibility index (Phi) is 7.48. The van der Waals surface area contributed by atoms with Crippen molar-refractivity contribution >= 4 is 17.2 Å². The number of rotatable bonds is 9. The summed E-state index contributed by atoms with van der Waals surface area (Å²) in [5.74, 6) is 0.237. The summed E-state index contributed by atoms with van der Waals surface area (Å²) in [7, 11) is 1.66. The van der Waals surface area contributed by atoms with E-state index in [1.165, 1.54) is 23.5 Å². The van der Waals surface area contributed by atoms with Crippen molar-refractivity contribution in [3.05, 3.63) is 75.5 Å². The molecule has 3 aromatic rings. The van der Waals surface area contributed by atoms with Gasteiger partial charge in [-0.25, -0.2) is 4.39 Å². The molecule has 1 amide bonds. The summed E-state index contributed by atoms with van der Waals surface area (Å²) in [5.41, 5.74) is 1.97. The summed E-state index contributed by atoms with van der Waals surface area (Å²) in [6.45, 7) is 5.95. The highest BCUT2D eigenvalue weighted by atomic mass is 32.1. The van der Waals surface area contributed by atoms with Gasteiger partial charge < -0.3 is 10.1 Å². The third-order valence-corrected chi connectivity index (χ3v) is 5.80. The first-order valence-electron chi connectivity index (χ1n) is 9.73. The van der Waals surface area contributed by atoms with Gasteiger partial charge in [0.2, 0.25) is 5.01 Å². The Morgan fingerprint density at radius 2 is 2.00 bits per heavy atom. The number of ether oxygens (including phenoxy) is 1. The van der Waals surface area contributed by atoms with Gasteiger partial charge in [-0.05, 0) is 48.9 Å². The van der Waals surface area contributed by atoms with Crippen molar-refractivity contribution in [3.63, 3.8) is 0 Å². The molecule has 0 fully saturated rings. The van der Waals surface area contributed by atoms with Crippen molar-refractivity contribution in [1.29, 1.82) is 0 Å². The Bertz CT molecular complexity index is 977. The zero-order chi connectivity index (χ0) is 21.5. The summed E-state index contributed by atoms with van der Waals surface area (Å²) in [6.07, 6.45) is 0. The first kappa shape index (κ1) is 21.9. The molecule has 0 bridgehead atoms. The Morgan fingerprint density at radius 1 is 1.23 bits per heavy atom. The van der Waals surface area contributed by atoms with E-state index >= 15 is 0 Å². The lowest BCUT2D eigenvalue weighted by molar-refractivity contribution is 0.0950. The average molecular weight is 429 g/mol. The number of carbonyl (C=O) groups excluding carboxylic acids is 1. The van der Waals surface area contributed by atoms with E-state index in [4.69, 9.17) is 4.74 Å². The Labute approximate surface area is 179 Å². The molecule has 0 aliphatic carbocycles. The van der Waals surface area contributed by atoms with Crippen LogP contribution in [0.25, 0.3) is 0 Å². The molecule has 3 rings (SSSR count). The molecular formula is C22H25FN4O2S. The Morgan fingerprint density at radius 3 is 2.70 bits per heavy atom. The third-order valence-electron chi connectivity index (χ3n) is 4.90. The number of nitrogens with zero attached hydrogens (tertiary/aromatic N) is 3. The van der Waals surface area contributed by atoms with Gasteiger partial charge in [0.05, 0.1) is 13.7 Å². The molecule has 1 N–H and O–H groups in total. The summed E-state index contributed by atoms with van der Waals surface area (Å²) in [6, 6.07) is 14.2. The van der Waals surface area contributed by atoms with Crippen LogP contribution in [-0.2, 0) is 13.1 Å². The number of methoxy groups -OCH3 is 1. The highest BCUT2D eigenvalue weighted by molar-refractivity contribution is 7.13. The van der Waals surface area contributed by atoms with E-state index in [1.54, 1.807) is 19.2 Å². The van der Waals surface area contributed by atoms with Gasteiger partial charge in [-0.15, -0.1) is 10.2 Å².